The Morgan fingerprint density at radius 3 is 2.48 bits per heavy atom. The maximum atomic E-state index is 12.8. The molecule has 1 aromatic heterocycles. The lowest BCUT2D eigenvalue weighted by molar-refractivity contribution is -0.117. The Morgan fingerprint density at radius 2 is 1.93 bits per heavy atom. The fourth-order valence-corrected chi connectivity index (χ4v) is 5.51. The van der Waals surface area contributed by atoms with Crippen LogP contribution >= 0.6 is 0 Å². The molecule has 8 nitrogen and oxygen atoms in total. The van der Waals surface area contributed by atoms with Gasteiger partial charge in [0.1, 0.15) is 5.82 Å². The van der Waals surface area contributed by atoms with Gasteiger partial charge in [0, 0.05) is 25.7 Å². The fourth-order valence-electron chi connectivity index (χ4n) is 3.82. The molecule has 0 saturated carbocycles. The van der Waals surface area contributed by atoms with Crippen LogP contribution < -0.4 is 5.32 Å². The predicted octanol–water partition coefficient (Wildman–Crippen LogP) is 1.79. The third kappa shape index (κ3) is 7.38. The summed E-state index contributed by atoms with van der Waals surface area (Å²) < 4.78 is 25.4. The van der Waals surface area contributed by atoms with Crippen molar-refractivity contribution in [2.24, 2.45) is 5.92 Å². The molecule has 166 valence electrons. The number of hydrogen-bond acceptors (Lipinski definition) is 6. The first-order chi connectivity index (χ1) is 13.6. The highest BCUT2D eigenvalue weighted by Gasteiger charge is 2.31. The molecule has 0 aromatic carbocycles. The summed E-state index contributed by atoms with van der Waals surface area (Å²) in [5.41, 5.74) is 0.769. The summed E-state index contributed by atoms with van der Waals surface area (Å²) in [6.45, 7) is 15.4. The van der Waals surface area contributed by atoms with E-state index in [0.717, 1.165) is 38.4 Å². The van der Waals surface area contributed by atoms with Gasteiger partial charge in [-0.3, -0.25) is 9.69 Å². The maximum Gasteiger partial charge on any atom is 0.239 e. The number of nitrogens with one attached hydrogen (secondary N) is 1. The van der Waals surface area contributed by atoms with Crippen molar-refractivity contribution in [3.8, 4) is 0 Å². The number of anilines is 1. The van der Waals surface area contributed by atoms with Gasteiger partial charge in [0.25, 0.3) is 0 Å². The summed E-state index contributed by atoms with van der Waals surface area (Å²) in [4.78, 5) is 17.3. The third-order valence-corrected chi connectivity index (χ3v) is 7.05. The molecule has 2 rings (SSSR count). The lowest BCUT2D eigenvalue weighted by Gasteiger charge is -2.27. The molecule has 1 aliphatic heterocycles. The zero-order valence-electron chi connectivity index (χ0n) is 18.5. The Hall–Kier alpha value is -1.45. The van der Waals surface area contributed by atoms with Gasteiger partial charge >= 0.3 is 0 Å². The minimum absolute atomic E-state index is 0.0837. The first-order valence-corrected chi connectivity index (χ1v) is 12.5. The Morgan fingerprint density at radius 1 is 1.28 bits per heavy atom. The second-order valence-corrected chi connectivity index (χ2v) is 10.6. The molecule has 29 heavy (non-hydrogen) atoms. The van der Waals surface area contributed by atoms with Gasteiger partial charge in [-0.1, -0.05) is 27.7 Å². The summed E-state index contributed by atoms with van der Waals surface area (Å²) in [6, 6.07) is 1.60. The number of likely N-dealkylation sites (N-methyl/N-ethyl adjacent to an activating group) is 1. The number of sulfone groups is 1. The second kappa shape index (κ2) is 10.5. The van der Waals surface area contributed by atoms with E-state index in [9.17, 15) is 13.2 Å². The van der Waals surface area contributed by atoms with E-state index in [2.05, 4.69) is 47.9 Å². The molecular formula is C20H37N5O3S. The van der Waals surface area contributed by atoms with Gasteiger partial charge in [0.15, 0.2) is 9.84 Å². The van der Waals surface area contributed by atoms with E-state index in [0.29, 0.717) is 24.7 Å². The van der Waals surface area contributed by atoms with Gasteiger partial charge in [0.05, 0.1) is 29.8 Å². The van der Waals surface area contributed by atoms with Crippen LogP contribution in [0.3, 0.4) is 0 Å². The monoisotopic (exact) mass is 427 g/mol. The van der Waals surface area contributed by atoms with Crippen molar-refractivity contribution in [1.29, 1.82) is 0 Å². The molecule has 0 spiro atoms. The van der Waals surface area contributed by atoms with Crippen molar-refractivity contribution in [2.75, 3.05) is 56.1 Å². The smallest absolute Gasteiger partial charge is 0.239 e. The second-order valence-electron chi connectivity index (χ2n) is 8.38. The van der Waals surface area contributed by atoms with Crippen LogP contribution in [0.4, 0.5) is 5.82 Å². The molecule has 1 amide bonds. The standard InChI is InChI=1S/C20H37N5O3S/c1-6-23(7-2)9-10-24(13-16(3)4)14-20(26)21-19-12-17(5)22-25(19)18-8-11-29(27,28)15-18/h12,16,18H,6-11,13-15H2,1-5H3,(H,21,26)/t18-/m0/s1. The molecule has 1 atom stereocenters. The van der Waals surface area contributed by atoms with E-state index in [-0.39, 0.29) is 23.5 Å². The molecule has 0 unspecified atom stereocenters. The third-order valence-electron chi connectivity index (χ3n) is 5.30. The summed E-state index contributed by atoms with van der Waals surface area (Å²) in [5, 5.41) is 7.40. The van der Waals surface area contributed by atoms with Crippen molar-refractivity contribution >= 4 is 21.6 Å². The van der Waals surface area contributed by atoms with Gasteiger partial charge in [-0.05, 0) is 32.4 Å². The lowest BCUT2D eigenvalue weighted by atomic mass is 10.2. The number of carbonyl (C=O) groups is 1. The van der Waals surface area contributed by atoms with Crippen molar-refractivity contribution in [1.82, 2.24) is 19.6 Å². The Bertz CT molecular complexity index is 771. The average Bonchev–Trinajstić information content (AvgIpc) is 3.16. The number of carbonyl (C=O) groups excluding carboxylic acids is 1. The van der Waals surface area contributed by atoms with Crippen molar-refractivity contribution in [3.63, 3.8) is 0 Å². The minimum Gasteiger partial charge on any atom is -0.310 e. The van der Waals surface area contributed by atoms with Crippen LogP contribution in [-0.4, -0.2) is 84.7 Å². The van der Waals surface area contributed by atoms with Crippen LogP contribution in [0.2, 0.25) is 0 Å². The SMILES string of the molecule is CCN(CC)CCN(CC(=O)Nc1cc(C)nn1[C@H]1CCS(=O)(=O)C1)CC(C)C. The number of rotatable bonds is 11. The average molecular weight is 428 g/mol. The summed E-state index contributed by atoms with van der Waals surface area (Å²) in [6.07, 6.45) is 0.537. The molecule has 1 saturated heterocycles. The summed E-state index contributed by atoms with van der Waals surface area (Å²) >= 11 is 0. The zero-order chi connectivity index (χ0) is 21.6. The van der Waals surface area contributed by atoms with E-state index in [4.69, 9.17) is 0 Å². The van der Waals surface area contributed by atoms with Crippen LogP contribution in [0.1, 0.15) is 45.9 Å². The summed E-state index contributed by atoms with van der Waals surface area (Å²) in [7, 11) is -3.02. The molecule has 0 radical (unpaired) electrons. The largest absolute Gasteiger partial charge is 0.310 e. The van der Waals surface area contributed by atoms with E-state index < -0.39 is 9.84 Å². The highest BCUT2D eigenvalue weighted by Crippen LogP contribution is 2.27. The molecule has 1 aromatic rings. The number of hydrogen-bond donors (Lipinski definition) is 1. The van der Waals surface area contributed by atoms with Crippen molar-refractivity contribution in [3.05, 3.63) is 11.8 Å². The minimum atomic E-state index is -3.02. The number of aromatic nitrogens is 2. The molecule has 9 heteroatoms. The molecular weight excluding hydrogens is 390 g/mol. The van der Waals surface area contributed by atoms with Crippen LogP contribution in [0.5, 0.6) is 0 Å². The molecule has 1 aliphatic rings. The van der Waals surface area contributed by atoms with Gasteiger partial charge in [-0.25, -0.2) is 13.1 Å². The molecule has 2 heterocycles. The highest BCUT2D eigenvalue weighted by atomic mass is 32.2. The van der Waals surface area contributed by atoms with E-state index in [1.165, 1.54) is 0 Å². The molecule has 0 bridgehead atoms. The van der Waals surface area contributed by atoms with Gasteiger partial charge < -0.3 is 10.2 Å². The fraction of sp³-hybridized carbons (Fsp3) is 0.800. The van der Waals surface area contributed by atoms with Crippen molar-refractivity contribution < 1.29 is 13.2 Å². The van der Waals surface area contributed by atoms with Crippen LogP contribution in [0.25, 0.3) is 0 Å². The van der Waals surface area contributed by atoms with Crippen LogP contribution in [0, 0.1) is 12.8 Å². The lowest BCUT2D eigenvalue weighted by Crippen LogP contribution is -2.41. The molecule has 1 fully saturated rings. The summed E-state index contributed by atoms with van der Waals surface area (Å²) in [5.74, 6) is 1.23. The van der Waals surface area contributed by atoms with Crippen molar-refractivity contribution in [2.45, 2.75) is 47.1 Å². The number of aryl methyl sites for hydroxylation is 1. The van der Waals surface area contributed by atoms with Gasteiger partial charge in [0.2, 0.25) is 5.91 Å². The van der Waals surface area contributed by atoms with E-state index >= 15 is 0 Å². The first-order valence-electron chi connectivity index (χ1n) is 10.6. The quantitative estimate of drug-likeness (QED) is 0.579. The maximum absolute atomic E-state index is 12.8. The Balaban J connectivity index is 2.02. The predicted molar refractivity (Wildman–Crippen MR) is 117 cm³/mol. The Labute approximate surface area is 175 Å². The normalized spacial score (nSPS) is 18.8. The Kier molecular flexibility index (Phi) is 8.66. The molecule has 1 N–H and O–H groups in total. The van der Waals surface area contributed by atoms with Crippen LogP contribution in [-0.2, 0) is 14.6 Å². The zero-order valence-corrected chi connectivity index (χ0v) is 19.3. The van der Waals surface area contributed by atoms with E-state index in [1.807, 2.05) is 13.0 Å². The van der Waals surface area contributed by atoms with Gasteiger partial charge in [-0.15, -0.1) is 0 Å². The molecule has 0 aliphatic carbocycles. The number of amides is 1. The first kappa shape index (κ1) is 23.8. The topological polar surface area (TPSA) is 87.5 Å². The van der Waals surface area contributed by atoms with E-state index in [1.54, 1.807) is 4.68 Å². The van der Waals surface area contributed by atoms with Crippen LogP contribution in [0.15, 0.2) is 6.07 Å². The number of nitrogens with zero attached hydrogens (tertiary/aromatic N) is 4. The highest BCUT2D eigenvalue weighted by molar-refractivity contribution is 7.91. The van der Waals surface area contributed by atoms with Gasteiger partial charge in [-0.2, -0.15) is 5.10 Å².